The summed E-state index contributed by atoms with van der Waals surface area (Å²) in [6, 6.07) is 5.27. The predicted octanol–water partition coefficient (Wildman–Crippen LogP) is 2.95. The van der Waals surface area contributed by atoms with E-state index in [1.54, 1.807) is 22.9 Å². The molecule has 2 aromatic rings. The van der Waals surface area contributed by atoms with Gasteiger partial charge in [0.25, 0.3) is 0 Å². The molecule has 1 aromatic heterocycles. The van der Waals surface area contributed by atoms with E-state index in [2.05, 4.69) is 10.3 Å². The molecule has 1 aromatic carbocycles. The van der Waals surface area contributed by atoms with Gasteiger partial charge in [0.2, 0.25) is 0 Å². The number of aryl methyl sites for hydroxylation is 1. The van der Waals surface area contributed by atoms with Crippen molar-refractivity contribution in [3.63, 3.8) is 0 Å². The lowest BCUT2D eigenvalue weighted by Gasteiger charge is -2.09. The number of nitrogens with zero attached hydrogens (tertiary/aromatic N) is 3. The number of ether oxygens (including phenoxy) is 1. The van der Waals surface area contributed by atoms with Crippen LogP contribution in [-0.2, 0) is 13.0 Å². The number of benzene rings is 1. The molecule has 0 atom stereocenters. The number of unbranched alkanes of at least 4 members (excludes halogenated alkanes) is 1. The fourth-order valence-electron chi connectivity index (χ4n) is 1.87. The second kappa shape index (κ2) is 8.22. The van der Waals surface area contributed by atoms with E-state index in [0.717, 1.165) is 25.0 Å². The molecule has 5 nitrogen and oxygen atoms in total. The zero-order valence-electron chi connectivity index (χ0n) is 11.6. The van der Waals surface area contributed by atoms with Crippen LogP contribution in [0.5, 0.6) is 5.75 Å². The van der Waals surface area contributed by atoms with Gasteiger partial charge in [-0.25, -0.2) is 4.68 Å². The smallest absolute Gasteiger partial charge is 0.156 e. The molecule has 0 saturated heterocycles. The van der Waals surface area contributed by atoms with E-state index in [9.17, 15) is 0 Å². The van der Waals surface area contributed by atoms with Gasteiger partial charge < -0.3 is 10.5 Å². The third-order valence-corrected chi connectivity index (χ3v) is 3.55. The summed E-state index contributed by atoms with van der Waals surface area (Å²) in [7, 11) is 0. The van der Waals surface area contributed by atoms with Crippen LogP contribution in [-0.4, -0.2) is 28.1 Å². The third-order valence-electron chi connectivity index (χ3n) is 2.96. The maximum absolute atomic E-state index is 6.03. The van der Waals surface area contributed by atoms with Gasteiger partial charge in [-0.1, -0.05) is 34.5 Å². The average molecular weight is 329 g/mol. The summed E-state index contributed by atoms with van der Waals surface area (Å²) in [6.07, 6.45) is 4.85. The molecule has 0 fully saturated rings. The number of hydrogen-bond acceptors (Lipinski definition) is 4. The summed E-state index contributed by atoms with van der Waals surface area (Å²) in [6.45, 7) is 1.72. The fourth-order valence-corrected chi connectivity index (χ4v) is 2.38. The molecule has 0 saturated carbocycles. The Morgan fingerprint density at radius 1 is 1.19 bits per heavy atom. The van der Waals surface area contributed by atoms with E-state index in [4.69, 9.17) is 33.7 Å². The van der Waals surface area contributed by atoms with Crippen LogP contribution in [0.2, 0.25) is 10.0 Å². The second-order valence-electron chi connectivity index (χ2n) is 4.62. The zero-order valence-corrected chi connectivity index (χ0v) is 13.1. The highest BCUT2D eigenvalue weighted by atomic mass is 35.5. The van der Waals surface area contributed by atoms with E-state index < -0.39 is 0 Å². The monoisotopic (exact) mass is 328 g/mol. The Labute approximate surface area is 134 Å². The van der Waals surface area contributed by atoms with Crippen molar-refractivity contribution in [1.82, 2.24) is 15.0 Å². The maximum Gasteiger partial charge on any atom is 0.156 e. The molecule has 1 heterocycles. The summed E-state index contributed by atoms with van der Waals surface area (Å²) in [5, 5.41) is 9.18. The molecular weight excluding hydrogens is 311 g/mol. The van der Waals surface area contributed by atoms with Crippen LogP contribution in [0.25, 0.3) is 0 Å². The molecule has 0 bridgehead atoms. The minimum Gasteiger partial charge on any atom is -0.489 e. The Morgan fingerprint density at radius 2 is 1.95 bits per heavy atom. The molecule has 0 spiro atoms. The van der Waals surface area contributed by atoms with Crippen molar-refractivity contribution in [2.75, 3.05) is 13.2 Å². The van der Waals surface area contributed by atoms with Crippen LogP contribution in [0, 0.1) is 0 Å². The SMILES string of the molecule is NCCCCc1cn(CCOc2c(Cl)cccc2Cl)nn1. The highest BCUT2D eigenvalue weighted by Gasteiger charge is 2.07. The van der Waals surface area contributed by atoms with Crippen LogP contribution >= 0.6 is 23.2 Å². The Balaban J connectivity index is 1.81. The van der Waals surface area contributed by atoms with Crippen LogP contribution in [0.4, 0.5) is 0 Å². The van der Waals surface area contributed by atoms with Gasteiger partial charge in [0.15, 0.2) is 5.75 Å². The first-order chi connectivity index (χ1) is 10.2. The lowest BCUT2D eigenvalue weighted by atomic mass is 10.2. The van der Waals surface area contributed by atoms with Gasteiger partial charge in [0.1, 0.15) is 6.61 Å². The first-order valence-electron chi connectivity index (χ1n) is 6.86. The first kappa shape index (κ1) is 16.1. The fraction of sp³-hybridized carbons (Fsp3) is 0.429. The minimum absolute atomic E-state index is 0.426. The van der Waals surface area contributed by atoms with Gasteiger partial charge in [-0.3, -0.25) is 0 Å². The van der Waals surface area contributed by atoms with E-state index >= 15 is 0 Å². The molecule has 114 valence electrons. The van der Waals surface area contributed by atoms with Crippen molar-refractivity contribution in [3.05, 3.63) is 40.1 Å². The number of nitrogens with two attached hydrogens (primary N) is 1. The summed E-state index contributed by atoms with van der Waals surface area (Å²) in [5.74, 6) is 0.504. The Bertz CT molecular complexity index is 554. The van der Waals surface area contributed by atoms with Crippen molar-refractivity contribution in [2.45, 2.75) is 25.8 Å². The number of para-hydroxylation sites is 1. The van der Waals surface area contributed by atoms with Crippen LogP contribution in [0.1, 0.15) is 18.5 Å². The predicted molar refractivity (Wildman–Crippen MR) is 84.0 cm³/mol. The van der Waals surface area contributed by atoms with E-state index in [0.29, 0.717) is 35.5 Å². The molecule has 21 heavy (non-hydrogen) atoms. The molecule has 0 radical (unpaired) electrons. The largest absolute Gasteiger partial charge is 0.489 e. The summed E-state index contributed by atoms with van der Waals surface area (Å²) >= 11 is 12.1. The molecule has 0 amide bonds. The van der Waals surface area contributed by atoms with Gasteiger partial charge in [0.05, 0.1) is 22.3 Å². The van der Waals surface area contributed by atoms with Gasteiger partial charge in [-0.15, -0.1) is 5.10 Å². The lowest BCUT2D eigenvalue weighted by molar-refractivity contribution is 0.290. The van der Waals surface area contributed by atoms with Crippen molar-refractivity contribution in [1.29, 1.82) is 0 Å². The number of halogens is 2. The summed E-state index contributed by atoms with van der Waals surface area (Å²) in [4.78, 5) is 0. The zero-order chi connectivity index (χ0) is 15.1. The van der Waals surface area contributed by atoms with Crippen molar-refractivity contribution >= 4 is 23.2 Å². The number of aromatic nitrogens is 3. The number of rotatable bonds is 8. The standard InChI is InChI=1S/C14H18Cl2N4O/c15-12-5-3-6-13(16)14(12)21-9-8-20-10-11(18-19-20)4-1-2-7-17/h3,5-6,10H,1-2,4,7-9,17H2. The Kier molecular flexibility index (Phi) is 6.29. The van der Waals surface area contributed by atoms with E-state index in [-0.39, 0.29) is 0 Å². The van der Waals surface area contributed by atoms with E-state index in [1.165, 1.54) is 0 Å². The molecule has 2 N–H and O–H groups in total. The average Bonchev–Trinajstić information content (AvgIpc) is 2.90. The van der Waals surface area contributed by atoms with Crippen molar-refractivity contribution in [2.24, 2.45) is 5.73 Å². The molecule has 7 heteroatoms. The minimum atomic E-state index is 0.426. The second-order valence-corrected chi connectivity index (χ2v) is 5.43. The highest BCUT2D eigenvalue weighted by molar-refractivity contribution is 6.37. The van der Waals surface area contributed by atoms with Crippen LogP contribution in [0.3, 0.4) is 0 Å². The molecular formula is C14H18Cl2N4O. The van der Waals surface area contributed by atoms with Crippen molar-refractivity contribution in [3.8, 4) is 5.75 Å². The summed E-state index contributed by atoms with van der Waals surface area (Å²) in [5.41, 5.74) is 6.44. The molecule has 0 unspecified atom stereocenters. The Morgan fingerprint density at radius 3 is 2.67 bits per heavy atom. The van der Waals surface area contributed by atoms with Crippen LogP contribution in [0.15, 0.2) is 24.4 Å². The van der Waals surface area contributed by atoms with Crippen molar-refractivity contribution < 1.29 is 4.74 Å². The number of hydrogen-bond donors (Lipinski definition) is 1. The van der Waals surface area contributed by atoms with E-state index in [1.807, 2.05) is 6.20 Å². The third kappa shape index (κ3) is 4.88. The Hall–Kier alpha value is -1.30. The van der Waals surface area contributed by atoms with Gasteiger partial charge in [0, 0.05) is 6.20 Å². The normalized spacial score (nSPS) is 10.8. The quantitative estimate of drug-likeness (QED) is 0.756. The maximum atomic E-state index is 6.03. The summed E-state index contributed by atoms with van der Waals surface area (Å²) < 4.78 is 7.36. The van der Waals surface area contributed by atoms with Gasteiger partial charge in [-0.05, 0) is 37.9 Å². The first-order valence-corrected chi connectivity index (χ1v) is 7.62. The topological polar surface area (TPSA) is 66.0 Å². The van der Waals surface area contributed by atoms with Gasteiger partial charge in [-0.2, -0.15) is 0 Å². The van der Waals surface area contributed by atoms with Crippen LogP contribution < -0.4 is 10.5 Å². The highest BCUT2D eigenvalue weighted by Crippen LogP contribution is 2.32. The molecule has 2 rings (SSSR count). The van der Waals surface area contributed by atoms with Gasteiger partial charge >= 0.3 is 0 Å². The molecule has 0 aliphatic rings. The molecule has 0 aliphatic heterocycles. The molecule has 0 aliphatic carbocycles. The lowest BCUT2D eigenvalue weighted by Crippen LogP contribution is -2.09.